The molecule has 0 heterocycles. The van der Waals surface area contributed by atoms with Crippen LogP contribution >= 0.6 is 0 Å². The fraction of sp³-hybridized carbons (Fsp3) is 0.500. The van der Waals surface area contributed by atoms with Crippen LogP contribution in [0.3, 0.4) is 0 Å². The number of rotatable bonds is 5. The van der Waals surface area contributed by atoms with Crippen molar-refractivity contribution in [3.63, 3.8) is 0 Å². The summed E-state index contributed by atoms with van der Waals surface area (Å²) in [5.41, 5.74) is 0.666. The van der Waals surface area contributed by atoms with E-state index in [1.54, 1.807) is 6.92 Å². The first-order chi connectivity index (χ1) is 8.69. The Morgan fingerprint density at radius 1 is 1.26 bits per heavy atom. The maximum atomic E-state index is 12.2. The SMILES string of the molecule is CC(CC(F)(F)F)NC(C)c1ccc([N+](=O)[O-])cc1. The van der Waals surface area contributed by atoms with Crippen molar-refractivity contribution in [2.24, 2.45) is 0 Å². The van der Waals surface area contributed by atoms with Crippen molar-refractivity contribution in [3.8, 4) is 0 Å². The molecule has 1 aromatic rings. The van der Waals surface area contributed by atoms with E-state index in [2.05, 4.69) is 5.32 Å². The van der Waals surface area contributed by atoms with Crippen LogP contribution in [0, 0.1) is 10.1 Å². The van der Waals surface area contributed by atoms with Gasteiger partial charge < -0.3 is 5.32 Å². The van der Waals surface area contributed by atoms with Crippen LogP contribution in [0.2, 0.25) is 0 Å². The van der Waals surface area contributed by atoms with Gasteiger partial charge in [0.1, 0.15) is 0 Å². The highest BCUT2D eigenvalue weighted by atomic mass is 19.4. The molecule has 2 unspecified atom stereocenters. The minimum Gasteiger partial charge on any atom is -0.307 e. The molecule has 0 spiro atoms. The van der Waals surface area contributed by atoms with Crippen LogP contribution in [0.5, 0.6) is 0 Å². The van der Waals surface area contributed by atoms with E-state index in [1.165, 1.54) is 31.2 Å². The minimum atomic E-state index is -4.21. The fourth-order valence-electron chi connectivity index (χ4n) is 1.81. The van der Waals surface area contributed by atoms with Gasteiger partial charge in [-0.25, -0.2) is 0 Å². The van der Waals surface area contributed by atoms with Crippen molar-refractivity contribution in [1.29, 1.82) is 0 Å². The first kappa shape index (κ1) is 15.4. The number of nitrogens with zero attached hydrogens (tertiary/aromatic N) is 1. The van der Waals surface area contributed by atoms with Crippen molar-refractivity contribution in [1.82, 2.24) is 5.32 Å². The Morgan fingerprint density at radius 2 is 1.79 bits per heavy atom. The van der Waals surface area contributed by atoms with E-state index < -0.39 is 23.6 Å². The monoisotopic (exact) mass is 276 g/mol. The Hall–Kier alpha value is -1.63. The molecule has 0 aliphatic rings. The Morgan fingerprint density at radius 3 is 2.21 bits per heavy atom. The molecule has 7 heteroatoms. The van der Waals surface area contributed by atoms with E-state index in [0.717, 1.165) is 0 Å². The van der Waals surface area contributed by atoms with Gasteiger partial charge in [-0.15, -0.1) is 0 Å². The van der Waals surface area contributed by atoms with Gasteiger partial charge in [0.25, 0.3) is 5.69 Å². The molecular weight excluding hydrogens is 261 g/mol. The third kappa shape index (κ3) is 5.25. The highest BCUT2D eigenvalue weighted by Crippen LogP contribution is 2.23. The van der Waals surface area contributed by atoms with Gasteiger partial charge in [0, 0.05) is 24.2 Å². The van der Waals surface area contributed by atoms with Crippen molar-refractivity contribution in [3.05, 3.63) is 39.9 Å². The van der Waals surface area contributed by atoms with Gasteiger partial charge in [-0.1, -0.05) is 12.1 Å². The molecule has 19 heavy (non-hydrogen) atoms. The number of halogens is 3. The molecule has 4 nitrogen and oxygen atoms in total. The molecular formula is C12H15F3N2O2. The summed E-state index contributed by atoms with van der Waals surface area (Å²) in [5, 5.41) is 13.3. The first-order valence-corrected chi connectivity index (χ1v) is 5.76. The van der Waals surface area contributed by atoms with Crippen LogP contribution in [0.15, 0.2) is 24.3 Å². The summed E-state index contributed by atoms with van der Waals surface area (Å²) >= 11 is 0. The van der Waals surface area contributed by atoms with Crippen molar-refractivity contribution >= 4 is 5.69 Å². The highest BCUT2D eigenvalue weighted by Gasteiger charge is 2.30. The molecule has 0 saturated heterocycles. The smallest absolute Gasteiger partial charge is 0.307 e. The molecule has 106 valence electrons. The highest BCUT2D eigenvalue weighted by molar-refractivity contribution is 5.34. The molecule has 0 aromatic heterocycles. The van der Waals surface area contributed by atoms with Crippen LogP contribution in [0.25, 0.3) is 0 Å². The molecule has 0 radical (unpaired) electrons. The predicted molar refractivity (Wildman–Crippen MR) is 64.8 cm³/mol. The predicted octanol–water partition coefficient (Wildman–Crippen LogP) is 3.59. The normalized spacial score (nSPS) is 15.0. The second kappa shape index (κ2) is 6.01. The third-order valence-electron chi connectivity index (χ3n) is 2.68. The molecule has 2 atom stereocenters. The largest absolute Gasteiger partial charge is 0.390 e. The zero-order chi connectivity index (χ0) is 14.6. The standard InChI is InChI=1S/C12H15F3N2O2/c1-8(7-12(13,14)15)16-9(2)10-3-5-11(6-4-10)17(18)19/h3-6,8-9,16H,7H2,1-2H3. The molecule has 0 aliphatic carbocycles. The summed E-state index contributed by atoms with van der Waals surface area (Å²) in [5.74, 6) is 0. The number of nitrogens with one attached hydrogen (secondary N) is 1. The topological polar surface area (TPSA) is 55.2 Å². The number of nitro benzene ring substituents is 1. The molecule has 1 rings (SSSR count). The molecule has 0 aliphatic heterocycles. The van der Waals surface area contributed by atoms with Crippen molar-refractivity contribution in [2.45, 2.75) is 38.5 Å². The fourth-order valence-corrected chi connectivity index (χ4v) is 1.81. The van der Waals surface area contributed by atoms with Crippen molar-refractivity contribution in [2.75, 3.05) is 0 Å². The van der Waals surface area contributed by atoms with E-state index in [-0.39, 0.29) is 11.7 Å². The van der Waals surface area contributed by atoms with Crippen molar-refractivity contribution < 1.29 is 18.1 Å². The van der Waals surface area contributed by atoms with Gasteiger partial charge in [-0.3, -0.25) is 10.1 Å². The van der Waals surface area contributed by atoms with Gasteiger partial charge >= 0.3 is 6.18 Å². The van der Waals surface area contributed by atoms with Crippen LogP contribution in [0.4, 0.5) is 18.9 Å². The van der Waals surface area contributed by atoms with E-state index in [4.69, 9.17) is 0 Å². The van der Waals surface area contributed by atoms with Gasteiger partial charge in [0.05, 0.1) is 11.3 Å². The molecule has 1 N–H and O–H groups in total. The van der Waals surface area contributed by atoms with Gasteiger partial charge in [-0.2, -0.15) is 13.2 Å². The summed E-state index contributed by atoms with van der Waals surface area (Å²) in [6.07, 6.45) is -5.12. The maximum absolute atomic E-state index is 12.2. The lowest BCUT2D eigenvalue weighted by Crippen LogP contribution is -2.33. The zero-order valence-corrected chi connectivity index (χ0v) is 10.6. The third-order valence-corrected chi connectivity index (χ3v) is 2.68. The number of hydrogen-bond acceptors (Lipinski definition) is 3. The van der Waals surface area contributed by atoms with E-state index in [1.807, 2.05) is 0 Å². The van der Waals surface area contributed by atoms with E-state index >= 15 is 0 Å². The average Bonchev–Trinajstić information content (AvgIpc) is 2.26. The Bertz CT molecular complexity index is 432. The number of benzene rings is 1. The molecule has 0 bridgehead atoms. The van der Waals surface area contributed by atoms with Crippen LogP contribution in [0.1, 0.15) is 31.9 Å². The maximum Gasteiger partial charge on any atom is 0.390 e. The summed E-state index contributed by atoms with van der Waals surface area (Å²) in [6, 6.07) is 4.72. The minimum absolute atomic E-state index is 0.0423. The van der Waals surface area contributed by atoms with Crippen LogP contribution < -0.4 is 5.32 Å². The second-order valence-electron chi connectivity index (χ2n) is 4.46. The Labute approximate surface area is 108 Å². The summed E-state index contributed by atoms with van der Waals surface area (Å²) < 4.78 is 36.6. The first-order valence-electron chi connectivity index (χ1n) is 5.76. The molecule has 0 saturated carbocycles. The Balaban J connectivity index is 2.62. The van der Waals surface area contributed by atoms with Gasteiger partial charge in [0.15, 0.2) is 0 Å². The lowest BCUT2D eigenvalue weighted by atomic mass is 10.1. The van der Waals surface area contributed by atoms with Crippen LogP contribution in [-0.2, 0) is 0 Å². The lowest BCUT2D eigenvalue weighted by molar-refractivity contribution is -0.384. The second-order valence-corrected chi connectivity index (χ2v) is 4.46. The zero-order valence-electron chi connectivity index (χ0n) is 10.6. The Kier molecular flexibility index (Phi) is 4.88. The number of nitro groups is 1. The van der Waals surface area contributed by atoms with E-state index in [0.29, 0.717) is 5.56 Å². The van der Waals surface area contributed by atoms with Crippen LogP contribution in [-0.4, -0.2) is 17.1 Å². The lowest BCUT2D eigenvalue weighted by Gasteiger charge is -2.21. The summed E-state index contributed by atoms with van der Waals surface area (Å²) in [4.78, 5) is 9.96. The number of hydrogen-bond donors (Lipinski definition) is 1. The number of alkyl halides is 3. The number of non-ortho nitro benzene ring substituents is 1. The van der Waals surface area contributed by atoms with E-state index in [9.17, 15) is 23.3 Å². The molecule has 1 aromatic carbocycles. The summed E-state index contributed by atoms with van der Waals surface area (Å²) in [7, 11) is 0. The average molecular weight is 276 g/mol. The molecule has 0 fully saturated rings. The quantitative estimate of drug-likeness (QED) is 0.660. The summed E-state index contributed by atoms with van der Waals surface area (Å²) in [6.45, 7) is 3.17. The molecule has 0 amide bonds. The van der Waals surface area contributed by atoms with Gasteiger partial charge in [0.2, 0.25) is 0 Å². The van der Waals surface area contributed by atoms with Gasteiger partial charge in [-0.05, 0) is 19.4 Å².